The van der Waals surface area contributed by atoms with Gasteiger partial charge in [-0.05, 0) is 41.7 Å². The van der Waals surface area contributed by atoms with E-state index in [1.165, 1.54) is 36.8 Å². The molecule has 1 heteroatoms. The highest BCUT2D eigenvalue weighted by atomic mass is 16.3. The Bertz CT molecular complexity index is 440. The van der Waals surface area contributed by atoms with E-state index in [1.807, 2.05) is 0 Å². The quantitative estimate of drug-likeness (QED) is 0.753. The molecule has 2 rings (SSSR count). The summed E-state index contributed by atoms with van der Waals surface area (Å²) in [6.45, 7) is 9.00. The highest BCUT2D eigenvalue weighted by Gasteiger charge is 2.30. The van der Waals surface area contributed by atoms with Crippen LogP contribution in [0.25, 0.3) is 0 Å². The molecular weight excluding hydrogens is 256 g/mol. The van der Waals surface area contributed by atoms with E-state index in [2.05, 4.69) is 52.0 Å². The average Bonchev–Trinajstić information content (AvgIpc) is 2.60. The molecule has 2 unspecified atom stereocenters. The minimum absolute atomic E-state index is 0.200. The molecule has 1 aliphatic carbocycles. The van der Waals surface area contributed by atoms with Crippen LogP contribution in [0.15, 0.2) is 24.3 Å². The van der Waals surface area contributed by atoms with Gasteiger partial charge in [0.05, 0.1) is 5.60 Å². The average molecular weight is 288 g/mol. The van der Waals surface area contributed by atoms with Crippen molar-refractivity contribution < 1.29 is 5.11 Å². The van der Waals surface area contributed by atoms with Crippen LogP contribution >= 0.6 is 0 Å². The van der Waals surface area contributed by atoms with Crippen LogP contribution in [0.1, 0.15) is 77.3 Å². The summed E-state index contributed by atoms with van der Waals surface area (Å²) in [5.41, 5.74) is 2.37. The van der Waals surface area contributed by atoms with Crippen LogP contribution in [0.3, 0.4) is 0 Å². The van der Waals surface area contributed by atoms with Gasteiger partial charge in [0.15, 0.2) is 0 Å². The van der Waals surface area contributed by atoms with E-state index in [0.29, 0.717) is 0 Å². The van der Waals surface area contributed by atoms with Gasteiger partial charge in [-0.1, -0.05) is 71.2 Å². The van der Waals surface area contributed by atoms with E-state index < -0.39 is 5.60 Å². The summed E-state index contributed by atoms with van der Waals surface area (Å²) in [7, 11) is 0. The highest BCUT2D eigenvalue weighted by molar-refractivity contribution is 5.28. The summed E-state index contributed by atoms with van der Waals surface area (Å²) in [5.74, 6) is 0.822. The van der Waals surface area contributed by atoms with E-state index in [1.54, 1.807) is 0 Å². The Morgan fingerprint density at radius 3 is 2.33 bits per heavy atom. The molecule has 0 aromatic heterocycles. The van der Waals surface area contributed by atoms with Crippen molar-refractivity contribution in [3.05, 3.63) is 35.4 Å². The Morgan fingerprint density at radius 1 is 1.10 bits per heavy atom. The van der Waals surface area contributed by atoms with E-state index >= 15 is 0 Å². The van der Waals surface area contributed by atoms with Gasteiger partial charge >= 0.3 is 0 Å². The first kappa shape index (κ1) is 16.5. The van der Waals surface area contributed by atoms with Crippen LogP contribution in [0.4, 0.5) is 0 Å². The van der Waals surface area contributed by atoms with Crippen molar-refractivity contribution in [2.45, 2.75) is 83.7 Å². The summed E-state index contributed by atoms with van der Waals surface area (Å²) in [6, 6.07) is 8.87. The molecule has 0 amide bonds. The van der Waals surface area contributed by atoms with Crippen LogP contribution in [0.5, 0.6) is 0 Å². The van der Waals surface area contributed by atoms with Gasteiger partial charge < -0.3 is 5.11 Å². The number of hydrogen-bond acceptors (Lipinski definition) is 1. The summed E-state index contributed by atoms with van der Waals surface area (Å²) in [6.07, 6.45) is 7.66. The molecule has 1 saturated carbocycles. The lowest BCUT2D eigenvalue weighted by Gasteiger charge is -2.27. The Hall–Kier alpha value is -0.820. The van der Waals surface area contributed by atoms with Gasteiger partial charge in [0.1, 0.15) is 0 Å². The van der Waals surface area contributed by atoms with Crippen LogP contribution < -0.4 is 0 Å². The van der Waals surface area contributed by atoms with Crippen LogP contribution in [0.2, 0.25) is 0 Å². The van der Waals surface area contributed by atoms with Gasteiger partial charge in [0, 0.05) is 6.42 Å². The molecule has 118 valence electrons. The second-order valence-electron chi connectivity index (χ2n) is 8.05. The molecule has 0 spiro atoms. The van der Waals surface area contributed by atoms with Crippen molar-refractivity contribution in [2.75, 3.05) is 0 Å². The van der Waals surface area contributed by atoms with Crippen molar-refractivity contribution in [2.24, 2.45) is 5.92 Å². The first-order chi connectivity index (χ1) is 9.82. The number of hydrogen-bond donors (Lipinski definition) is 1. The summed E-state index contributed by atoms with van der Waals surface area (Å²) in [4.78, 5) is 0. The lowest BCUT2D eigenvalue weighted by atomic mass is 9.84. The zero-order chi connectivity index (χ0) is 15.5. The third kappa shape index (κ3) is 4.57. The Kier molecular flexibility index (Phi) is 5.14. The Morgan fingerprint density at radius 2 is 1.76 bits per heavy atom. The largest absolute Gasteiger partial charge is 0.390 e. The third-order valence-electron chi connectivity index (χ3n) is 5.20. The lowest BCUT2D eigenvalue weighted by molar-refractivity contribution is 0.0242. The van der Waals surface area contributed by atoms with Gasteiger partial charge in [-0.15, -0.1) is 0 Å². The van der Waals surface area contributed by atoms with E-state index in [-0.39, 0.29) is 5.41 Å². The zero-order valence-corrected chi connectivity index (χ0v) is 14.3. The molecule has 1 aromatic carbocycles. The first-order valence-corrected chi connectivity index (χ1v) is 8.64. The molecular formula is C20H32O. The smallest absolute Gasteiger partial charge is 0.0688 e. The van der Waals surface area contributed by atoms with Crippen molar-refractivity contribution >= 4 is 0 Å². The molecule has 1 nitrogen and oxygen atoms in total. The van der Waals surface area contributed by atoms with Gasteiger partial charge in [0.25, 0.3) is 0 Å². The third-order valence-corrected chi connectivity index (χ3v) is 5.20. The minimum Gasteiger partial charge on any atom is -0.390 e. The van der Waals surface area contributed by atoms with Crippen molar-refractivity contribution in [1.82, 2.24) is 0 Å². The Labute approximate surface area is 130 Å². The minimum atomic E-state index is -0.479. The normalized spacial score (nSPS) is 27.4. The van der Waals surface area contributed by atoms with Crippen molar-refractivity contribution in [3.8, 4) is 0 Å². The molecule has 1 aromatic rings. The van der Waals surface area contributed by atoms with E-state index in [4.69, 9.17) is 0 Å². The van der Waals surface area contributed by atoms with Crippen LogP contribution in [-0.2, 0) is 11.8 Å². The maximum Gasteiger partial charge on any atom is 0.0688 e. The van der Waals surface area contributed by atoms with Gasteiger partial charge in [-0.2, -0.15) is 0 Å². The summed E-state index contributed by atoms with van der Waals surface area (Å²) < 4.78 is 0. The molecule has 0 radical (unpaired) electrons. The van der Waals surface area contributed by atoms with Crippen LogP contribution in [-0.4, -0.2) is 10.7 Å². The van der Waals surface area contributed by atoms with Gasteiger partial charge in [-0.3, -0.25) is 0 Å². The molecule has 0 bridgehead atoms. The summed E-state index contributed by atoms with van der Waals surface area (Å²) in [5, 5.41) is 10.9. The van der Waals surface area contributed by atoms with E-state index in [0.717, 1.165) is 25.2 Å². The number of aliphatic hydroxyl groups is 1. The molecule has 1 N–H and O–H groups in total. The SMILES string of the molecule is CCC1CCCC(O)(Cc2ccc(C(C)(C)C)cc2)CC1. The standard InChI is InChI=1S/C20H32O/c1-5-16-7-6-13-20(21,14-12-16)15-17-8-10-18(11-9-17)19(2,3)4/h8-11,16,21H,5-7,12-15H2,1-4H3. The van der Waals surface area contributed by atoms with Gasteiger partial charge in [0.2, 0.25) is 0 Å². The second-order valence-corrected chi connectivity index (χ2v) is 8.05. The molecule has 21 heavy (non-hydrogen) atoms. The lowest BCUT2D eigenvalue weighted by Crippen LogP contribution is -2.30. The number of benzene rings is 1. The summed E-state index contributed by atoms with van der Waals surface area (Å²) >= 11 is 0. The van der Waals surface area contributed by atoms with E-state index in [9.17, 15) is 5.11 Å². The highest BCUT2D eigenvalue weighted by Crippen LogP contribution is 2.34. The van der Waals surface area contributed by atoms with Crippen LogP contribution in [0, 0.1) is 5.92 Å². The molecule has 1 fully saturated rings. The predicted molar refractivity (Wildman–Crippen MR) is 90.7 cm³/mol. The number of rotatable bonds is 3. The topological polar surface area (TPSA) is 20.2 Å². The van der Waals surface area contributed by atoms with Crippen molar-refractivity contribution in [1.29, 1.82) is 0 Å². The maximum absolute atomic E-state index is 10.9. The molecule has 1 aliphatic rings. The fourth-order valence-electron chi connectivity index (χ4n) is 3.55. The fourth-order valence-corrected chi connectivity index (χ4v) is 3.55. The van der Waals surface area contributed by atoms with Gasteiger partial charge in [-0.25, -0.2) is 0 Å². The zero-order valence-electron chi connectivity index (χ0n) is 14.3. The van der Waals surface area contributed by atoms with Crippen molar-refractivity contribution in [3.63, 3.8) is 0 Å². The first-order valence-electron chi connectivity index (χ1n) is 8.64. The predicted octanol–water partition coefficient (Wildman–Crippen LogP) is 5.25. The molecule has 0 saturated heterocycles. The Balaban J connectivity index is 2.03. The maximum atomic E-state index is 10.9. The molecule has 0 aliphatic heterocycles. The second kappa shape index (κ2) is 6.52. The fraction of sp³-hybridized carbons (Fsp3) is 0.700. The molecule has 2 atom stereocenters. The molecule has 0 heterocycles. The monoisotopic (exact) mass is 288 g/mol.